The molecule has 3 aliphatic carbocycles. The minimum Gasteiger partial charge on any atom is -0.478 e. The molecule has 0 radical (unpaired) electrons. The van der Waals surface area contributed by atoms with Crippen molar-refractivity contribution < 1.29 is 18.7 Å². The second-order valence-corrected chi connectivity index (χ2v) is 13.4. The molecule has 1 N–H and O–H groups in total. The molecule has 42 heavy (non-hydrogen) atoms. The number of piperazine rings is 1. The quantitative estimate of drug-likeness (QED) is 0.388. The first-order valence-corrected chi connectivity index (χ1v) is 15.8. The third-order valence-corrected chi connectivity index (χ3v) is 10.3. The molecule has 4 unspecified atom stereocenters. The molecule has 7 nitrogen and oxygen atoms in total. The van der Waals surface area contributed by atoms with Crippen LogP contribution in [0.1, 0.15) is 74.5 Å². The van der Waals surface area contributed by atoms with Crippen LogP contribution in [0.2, 0.25) is 0 Å². The van der Waals surface area contributed by atoms with Gasteiger partial charge in [-0.05, 0) is 62.5 Å². The van der Waals surface area contributed by atoms with E-state index in [-0.39, 0.29) is 11.5 Å². The van der Waals surface area contributed by atoms with Crippen LogP contribution >= 0.6 is 11.6 Å². The van der Waals surface area contributed by atoms with Gasteiger partial charge >= 0.3 is 5.97 Å². The molecule has 6 rings (SSSR count). The summed E-state index contributed by atoms with van der Waals surface area (Å²) in [6, 6.07) is 0.0226. The van der Waals surface area contributed by atoms with Gasteiger partial charge < -0.3 is 14.9 Å². The second-order valence-electron chi connectivity index (χ2n) is 13.0. The van der Waals surface area contributed by atoms with E-state index in [0.29, 0.717) is 30.0 Å². The van der Waals surface area contributed by atoms with Gasteiger partial charge in [0, 0.05) is 68.0 Å². The smallest absolute Gasteiger partial charge is 0.339 e. The van der Waals surface area contributed by atoms with Crippen molar-refractivity contribution in [3.05, 3.63) is 64.1 Å². The number of piperidine rings is 1. The summed E-state index contributed by atoms with van der Waals surface area (Å²) < 4.78 is 29.2. The van der Waals surface area contributed by atoms with Gasteiger partial charge in [0.1, 0.15) is 11.3 Å². The summed E-state index contributed by atoms with van der Waals surface area (Å²) in [4.78, 5) is 19.1. The van der Waals surface area contributed by atoms with Crippen LogP contribution in [0, 0.1) is 17.3 Å². The van der Waals surface area contributed by atoms with E-state index in [0.717, 1.165) is 63.4 Å². The lowest BCUT2D eigenvalue weighted by atomic mass is 9.70. The maximum Gasteiger partial charge on any atom is 0.339 e. The van der Waals surface area contributed by atoms with Gasteiger partial charge in [0.05, 0.1) is 12.2 Å². The summed E-state index contributed by atoms with van der Waals surface area (Å²) in [5.74, 6) is -0.0900. The molecule has 1 saturated carbocycles. The Morgan fingerprint density at radius 1 is 1.19 bits per heavy atom. The highest BCUT2D eigenvalue weighted by Crippen LogP contribution is 2.48. The van der Waals surface area contributed by atoms with Crippen molar-refractivity contribution in [2.45, 2.75) is 64.5 Å². The largest absolute Gasteiger partial charge is 0.478 e. The molecule has 3 heterocycles. The van der Waals surface area contributed by atoms with Crippen LogP contribution in [0.5, 0.6) is 0 Å². The Kier molecular flexibility index (Phi) is 8.37. The molecule has 4 atom stereocenters. The summed E-state index contributed by atoms with van der Waals surface area (Å²) >= 11 is 6.58. The number of alkyl halides is 2. The van der Waals surface area contributed by atoms with Crippen LogP contribution < -0.4 is 0 Å². The first kappa shape index (κ1) is 29.6. The zero-order valence-corrected chi connectivity index (χ0v) is 25.3. The van der Waals surface area contributed by atoms with Gasteiger partial charge in [-0.3, -0.25) is 9.58 Å². The zero-order valence-electron chi connectivity index (χ0n) is 24.6. The summed E-state index contributed by atoms with van der Waals surface area (Å²) in [5.41, 5.74) is 1.08. The molecule has 0 spiro atoms. The average molecular weight is 602 g/mol. The Balaban J connectivity index is 1.19. The van der Waals surface area contributed by atoms with E-state index in [4.69, 9.17) is 11.6 Å². The van der Waals surface area contributed by atoms with E-state index < -0.39 is 23.7 Å². The molecule has 5 aliphatic rings. The monoisotopic (exact) mass is 601 g/mol. The van der Waals surface area contributed by atoms with Crippen molar-refractivity contribution in [1.29, 1.82) is 0 Å². The highest BCUT2D eigenvalue weighted by Gasteiger charge is 2.41. The topological polar surface area (TPSA) is 64.8 Å². The van der Waals surface area contributed by atoms with E-state index in [1.807, 2.05) is 6.08 Å². The fraction of sp³-hybridized carbons (Fsp3) is 0.625. The summed E-state index contributed by atoms with van der Waals surface area (Å²) in [6.07, 6.45) is 14.3. The fourth-order valence-electron chi connectivity index (χ4n) is 7.43. The molecular formula is C32H42ClF2N5O2. The molecule has 0 bridgehead atoms. The van der Waals surface area contributed by atoms with E-state index in [2.05, 4.69) is 57.9 Å². The van der Waals surface area contributed by atoms with Crippen LogP contribution in [0.3, 0.4) is 0 Å². The highest BCUT2D eigenvalue weighted by atomic mass is 35.5. The lowest BCUT2D eigenvalue weighted by molar-refractivity contribution is 0.0679. The van der Waals surface area contributed by atoms with Crippen LogP contribution in [0.15, 0.2) is 52.9 Å². The summed E-state index contributed by atoms with van der Waals surface area (Å²) in [7, 11) is 0. The first-order chi connectivity index (χ1) is 20.1. The lowest BCUT2D eigenvalue weighted by Crippen LogP contribution is -2.52. The third-order valence-electron chi connectivity index (χ3n) is 10.0. The van der Waals surface area contributed by atoms with Crippen molar-refractivity contribution in [3.63, 3.8) is 0 Å². The zero-order chi connectivity index (χ0) is 29.6. The number of carboxylic acids is 1. The highest BCUT2D eigenvalue weighted by molar-refractivity contribution is 6.31. The number of hydrogen-bond donors (Lipinski definition) is 1. The number of aromatic nitrogens is 2. The maximum absolute atomic E-state index is 14.0. The van der Waals surface area contributed by atoms with Crippen molar-refractivity contribution in [1.82, 2.24) is 24.5 Å². The normalized spacial score (nSPS) is 31.2. The predicted octanol–water partition coefficient (Wildman–Crippen LogP) is 6.10. The van der Waals surface area contributed by atoms with Gasteiger partial charge in [0.2, 0.25) is 0 Å². The number of nitrogens with zero attached hydrogens (tertiary/aromatic N) is 5. The number of carbonyl (C=O) groups is 1. The maximum atomic E-state index is 14.0. The van der Waals surface area contributed by atoms with E-state index in [1.54, 1.807) is 0 Å². The number of aromatic carboxylic acids is 1. The van der Waals surface area contributed by atoms with Gasteiger partial charge in [0.25, 0.3) is 6.43 Å². The van der Waals surface area contributed by atoms with Gasteiger partial charge in [0.15, 0.2) is 0 Å². The minimum absolute atomic E-state index is 0.319. The molecule has 1 aromatic rings. The standard InChI is InChI=1S/C32H42ClF2N5O2/c1-21-16-23(7-8-27(21)38-14-12-37(13-15-38)19-22-5-6-22)32(2)10-9-24(33)17-28(32)39-11-3-4-25(20-39)40-29(30(34)35)26(18-36-40)31(41)42/h7-9,16-18,21-22,25,27,30H,3-6,10-15,19-20H2,1-2H3,(H,41,42). The van der Waals surface area contributed by atoms with Gasteiger partial charge in [-0.1, -0.05) is 42.8 Å². The van der Waals surface area contributed by atoms with Crippen molar-refractivity contribution >= 4 is 17.6 Å². The van der Waals surface area contributed by atoms with Crippen molar-refractivity contribution in [3.8, 4) is 0 Å². The fourth-order valence-corrected chi connectivity index (χ4v) is 7.61. The SMILES string of the molecule is CC1C=C(C2(C)CC=C(Cl)C=C2N2CCCC(n3ncc(C(=O)O)c3C(F)F)C2)C=CC1N1CCN(CC2CC2)CC1. The Bertz CT molecular complexity index is 1310. The number of carboxylic acid groups (broad SMARTS) is 1. The van der Waals surface area contributed by atoms with Crippen LogP contribution in [0.4, 0.5) is 8.78 Å². The third kappa shape index (κ3) is 5.84. The number of hydrogen-bond acceptors (Lipinski definition) is 5. The van der Waals surface area contributed by atoms with Crippen LogP contribution in [-0.4, -0.2) is 87.4 Å². The Labute approximate surface area is 252 Å². The lowest BCUT2D eigenvalue weighted by Gasteiger charge is -2.47. The molecule has 2 aliphatic heterocycles. The van der Waals surface area contributed by atoms with E-state index in [1.165, 1.54) is 29.6 Å². The molecule has 1 aromatic heterocycles. The Hall–Kier alpha value is -2.49. The Morgan fingerprint density at radius 2 is 1.95 bits per heavy atom. The molecule has 0 amide bonds. The molecule has 228 valence electrons. The van der Waals surface area contributed by atoms with E-state index >= 15 is 0 Å². The number of allylic oxidation sites excluding steroid dienone is 5. The molecule has 0 aromatic carbocycles. The molecule has 3 fully saturated rings. The molecular weight excluding hydrogens is 560 g/mol. The van der Waals surface area contributed by atoms with Crippen molar-refractivity contribution in [2.75, 3.05) is 45.8 Å². The van der Waals surface area contributed by atoms with Gasteiger partial charge in [-0.25, -0.2) is 13.6 Å². The van der Waals surface area contributed by atoms with Crippen LogP contribution in [0.25, 0.3) is 0 Å². The number of halogens is 3. The minimum atomic E-state index is -2.92. The van der Waals surface area contributed by atoms with Crippen LogP contribution in [-0.2, 0) is 0 Å². The van der Waals surface area contributed by atoms with E-state index in [9.17, 15) is 18.7 Å². The predicted molar refractivity (Wildman–Crippen MR) is 160 cm³/mol. The molecule has 2 saturated heterocycles. The molecule has 10 heteroatoms. The Morgan fingerprint density at radius 3 is 2.62 bits per heavy atom. The summed E-state index contributed by atoms with van der Waals surface area (Å²) in [5, 5.41) is 14.3. The summed E-state index contributed by atoms with van der Waals surface area (Å²) in [6.45, 7) is 11.6. The first-order valence-electron chi connectivity index (χ1n) is 15.4. The van der Waals surface area contributed by atoms with Gasteiger partial charge in [-0.15, -0.1) is 0 Å². The number of rotatable bonds is 8. The van der Waals surface area contributed by atoms with Gasteiger partial charge in [-0.2, -0.15) is 5.10 Å². The average Bonchev–Trinajstić information content (AvgIpc) is 3.67. The second kappa shape index (κ2) is 11.9. The van der Waals surface area contributed by atoms with Crippen molar-refractivity contribution in [2.24, 2.45) is 17.3 Å². The number of likely N-dealkylation sites (tertiary alicyclic amines) is 1.